The molecule has 2 unspecified atom stereocenters. The van der Waals surface area contributed by atoms with Crippen LogP contribution in [-0.4, -0.2) is 113 Å². The number of aliphatic hydroxyl groups is 2. The van der Waals surface area contributed by atoms with Gasteiger partial charge in [-0.1, -0.05) is 108 Å². The van der Waals surface area contributed by atoms with Crippen LogP contribution in [-0.2, 0) is 38.4 Å². The van der Waals surface area contributed by atoms with Crippen LogP contribution in [0.5, 0.6) is 0 Å². The fraction of sp³-hybridized carbons (Fsp3) is 0.255. The van der Waals surface area contributed by atoms with E-state index in [1.165, 1.54) is 22.3 Å². The summed E-state index contributed by atoms with van der Waals surface area (Å²) >= 11 is 0. The van der Waals surface area contributed by atoms with Gasteiger partial charge in [0.2, 0.25) is 11.8 Å². The van der Waals surface area contributed by atoms with Gasteiger partial charge in [-0.05, 0) is 68.5 Å². The summed E-state index contributed by atoms with van der Waals surface area (Å²) < 4.78 is 4.07. The van der Waals surface area contributed by atoms with E-state index in [2.05, 4.69) is 98.8 Å². The highest BCUT2D eigenvalue weighted by Crippen LogP contribution is 2.28. The lowest BCUT2D eigenvalue weighted by Gasteiger charge is -2.11. The zero-order valence-corrected chi connectivity index (χ0v) is 37.9. The molecule has 4 N–H and O–H groups in total. The summed E-state index contributed by atoms with van der Waals surface area (Å²) in [4.78, 5) is 56.8. The molecule has 3 aromatic carbocycles. The molecule has 4 aromatic heterocycles. The number of aliphatic hydroxyl groups excluding tert-OH is 2. The van der Waals surface area contributed by atoms with Crippen LogP contribution in [0.25, 0.3) is 39.9 Å². The number of amides is 2. The first-order valence-corrected chi connectivity index (χ1v) is 20.9. The molecular weight excluding hydrogens is 825 g/mol. The van der Waals surface area contributed by atoms with Crippen molar-refractivity contribution in [2.75, 3.05) is 28.2 Å². The second kappa shape index (κ2) is 21.8. The Hall–Kier alpha value is -7.42. The molecule has 0 fully saturated rings. The average Bonchev–Trinajstić information content (AvgIpc) is 4.00. The van der Waals surface area contributed by atoms with Crippen LogP contribution >= 0.6 is 0 Å². The summed E-state index contributed by atoms with van der Waals surface area (Å²) in [6, 6.07) is 33.1. The first-order valence-electron chi connectivity index (χ1n) is 20.9. The maximum Gasteiger partial charge on any atom is 0.335 e. The van der Waals surface area contributed by atoms with Crippen LogP contribution < -0.4 is 0 Å². The highest BCUT2D eigenvalue weighted by atomic mass is 16.4. The third-order valence-corrected chi connectivity index (χ3v) is 10.5. The van der Waals surface area contributed by atoms with Crippen LogP contribution in [0, 0.1) is 27.7 Å². The van der Waals surface area contributed by atoms with Gasteiger partial charge < -0.3 is 39.0 Å². The smallest absolute Gasteiger partial charge is 0.335 e. The van der Waals surface area contributed by atoms with Crippen molar-refractivity contribution >= 4 is 41.1 Å². The average molecular weight is 881 g/mol. The van der Waals surface area contributed by atoms with E-state index in [0.29, 0.717) is 12.8 Å². The highest BCUT2D eigenvalue weighted by Gasteiger charge is 2.29. The van der Waals surface area contributed by atoms with Crippen LogP contribution in [0.3, 0.4) is 0 Å². The maximum atomic E-state index is 12.3. The Kier molecular flexibility index (Phi) is 16.3. The molecule has 65 heavy (non-hydrogen) atoms. The van der Waals surface area contributed by atoms with Gasteiger partial charge in [-0.25, -0.2) is 19.6 Å². The lowest BCUT2D eigenvalue weighted by atomic mass is 10.1. The molecule has 0 saturated carbocycles. The second-order valence-corrected chi connectivity index (χ2v) is 16.2. The number of hydrogen-bond donors (Lipinski definition) is 4. The molecule has 1 aliphatic carbocycles. The third-order valence-electron chi connectivity index (χ3n) is 10.5. The van der Waals surface area contributed by atoms with Gasteiger partial charge in [0.05, 0.1) is 35.6 Å². The number of carbonyl (C=O) groups is 4. The van der Waals surface area contributed by atoms with Gasteiger partial charge in [-0.2, -0.15) is 0 Å². The van der Waals surface area contributed by atoms with E-state index < -0.39 is 24.1 Å². The number of aryl methyl sites for hydroxylation is 4. The van der Waals surface area contributed by atoms with Gasteiger partial charge >= 0.3 is 11.9 Å². The monoisotopic (exact) mass is 880 g/mol. The van der Waals surface area contributed by atoms with E-state index in [9.17, 15) is 19.2 Å². The molecule has 2 atom stereocenters. The molecule has 8 rings (SSSR count). The van der Waals surface area contributed by atoms with Crippen LogP contribution in [0.4, 0.5) is 0 Å². The van der Waals surface area contributed by atoms with E-state index in [-0.39, 0.29) is 11.8 Å². The molecule has 7 aromatic rings. The van der Waals surface area contributed by atoms with Gasteiger partial charge in [-0.15, -0.1) is 0 Å². The highest BCUT2D eigenvalue weighted by molar-refractivity contribution is 5.83. The first kappa shape index (κ1) is 48.6. The Labute approximate surface area is 378 Å². The molecule has 338 valence electrons. The number of carboxylic acids is 2. The number of imidazole rings is 2. The summed E-state index contributed by atoms with van der Waals surface area (Å²) in [5.41, 5.74) is 15.0. The van der Waals surface area contributed by atoms with E-state index in [0.717, 1.165) is 62.7 Å². The number of likely N-dealkylation sites (N-methyl/N-ethyl adjacent to an activating group) is 2. The number of hydrogen-bond acceptors (Lipinski definition) is 8. The fourth-order valence-electron chi connectivity index (χ4n) is 6.69. The zero-order chi connectivity index (χ0) is 47.5. The molecular formula is C51H56N6O8. The predicted octanol–water partition coefficient (Wildman–Crippen LogP) is 6.63. The van der Waals surface area contributed by atoms with Crippen molar-refractivity contribution in [1.29, 1.82) is 0 Å². The number of rotatable bonds is 9. The van der Waals surface area contributed by atoms with Gasteiger partial charge in [0.15, 0.2) is 12.2 Å². The van der Waals surface area contributed by atoms with E-state index in [1.54, 1.807) is 38.0 Å². The Bertz CT molecular complexity index is 2660. The van der Waals surface area contributed by atoms with Gasteiger partial charge in [0.25, 0.3) is 0 Å². The van der Waals surface area contributed by atoms with Crippen molar-refractivity contribution in [2.45, 2.75) is 59.2 Å². The minimum absolute atomic E-state index is 0.0710. The van der Waals surface area contributed by atoms with Crippen LogP contribution in [0.2, 0.25) is 0 Å². The Morgan fingerprint density at radius 1 is 0.569 bits per heavy atom. The lowest BCUT2D eigenvalue weighted by Crippen LogP contribution is -2.39. The standard InChI is InChI=1S/2C19H21N3O.C9H8.C4H6O6/c2*1-13-5-8-15(9-6-13)19-16(11-18(23)21(3)4)22-12-14(2)7-10-17(22)20-19;1-2-5-9-7-3-6-8(9)4-1;5-1(3(7)8)2(6)4(9)10/h2*5-10,12H,11H2,1-4H3;1-6H,7H2;1-2,5-6H,(H,7,8)(H,9,10). The minimum atomic E-state index is -2.27. The molecule has 0 radical (unpaired) electrons. The van der Waals surface area contributed by atoms with Crippen molar-refractivity contribution < 1.29 is 39.6 Å². The SMILES string of the molecule is C1=Cc2ccccc2C1.Cc1ccc(-c2nc3ccc(C)cn3c2CC(=O)N(C)C)cc1.Cc1ccc(-c2nc3ccc(C)cn3c2CC(=O)N(C)C)cc1.O=C(O)C(O)C(O)C(=O)O. The number of carbonyl (C=O) groups excluding carboxylic acids is 2. The predicted molar refractivity (Wildman–Crippen MR) is 251 cm³/mol. The summed E-state index contributed by atoms with van der Waals surface area (Å²) in [5.74, 6) is -3.40. The van der Waals surface area contributed by atoms with Gasteiger partial charge in [0.1, 0.15) is 11.3 Å². The zero-order valence-electron chi connectivity index (χ0n) is 37.9. The first-order chi connectivity index (χ1) is 30.8. The van der Waals surface area contributed by atoms with Crippen molar-refractivity contribution in [2.24, 2.45) is 0 Å². The molecule has 0 aliphatic heterocycles. The summed E-state index contributed by atoms with van der Waals surface area (Å²) in [7, 11) is 7.12. The summed E-state index contributed by atoms with van der Waals surface area (Å²) in [5, 5.41) is 32.5. The second-order valence-electron chi connectivity index (χ2n) is 16.2. The van der Waals surface area contributed by atoms with Crippen LogP contribution in [0.15, 0.2) is 116 Å². The van der Waals surface area contributed by atoms with Crippen molar-refractivity contribution in [3.05, 3.63) is 160 Å². The minimum Gasteiger partial charge on any atom is -0.479 e. The van der Waals surface area contributed by atoms with Gasteiger partial charge in [-0.3, -0.25) is 9.59 Å². The summed E-state index contributed by atoms with van der Waals surface area (Å²) in [6.45, 7) is 8.21. The molecule has 1 aliphatic rings. The van der Waals surface area contributed by atoms with Crippen molar-refractivity contribution in [3.63, 3.8) is 0 Å². The number of fused-ring (bicyclic) bond motifs is 3. The quantitative estimate of drug-likeness (QED) is 0.123. The number of carboxylic acid groups (broad SMARTS) is 2. The Balaban J connectivity index is 0.000000176. The van der Waals surface area contributed by atoms with E-state index in [4.69, 9.17) is 30.4 Å². The molecule has 4 heterocycles. The number of pyridine rings is 2. The number of aliphatic carboxylic acids is 2. The summed E-state index contributed by atoms with van der Waals surface area (Å²) in [6.07, 6.45) is 5.71. The van der Waals surface area contributed by atoms with Crippen molar-refractivity contribution in [1.82, 2.24) is 28.6 Å². The van der Waals surface area contributed by atoms with Gasteiger partial charge in [0, 0.05) is 51.7 Å². The molecule has 0 bridgehead atoms. The number of allylic oxidation sites excluding steroid dienone is 1. The maximum absolute atomic E-state index is 12.3. The third kappa shape index (κ3) is 12.6. The van der Waals surface area contributed by atoms with Crippen molar-refractivity contribution in [3.8, 4) is 22.5 Å². The topological polar surface area (TPSA) is 190 Å². The number of nitrogens with zero attached hydrogens (tertiary/aromatic N) is 6. The molecule has 14 nitrogen and oxygen atoms in total. The fourth-order valence-corrected chi connectivity index (χ4v) is 6.69. The Morgan fingerprint density at radius 2 is 0.954 bits per heavy atom. The van der Waals surface area contributed by atoms with E-state index in [1.807, 2.05) is 59.3 Å². The molecule has 0 saturated heterocycles. The number of benzene rings is 3. The molecule has 2 amide bonds. The molecule has 0 spiro atoms. The lowest BCUT2D eigenvalue weighted by molar-refractivity contribution is -0.165. The molecule has 14 heteroatoms. The number of aromatic nitrogens is 4. The largest absolute Gasteiger partial charge is 0.479 e. The van der Waals surface area contributed by atoms with Crippen LogP contribution in [0.1, 0.15) is 44.8 Å². The van der Waals surface area contributed by atoms with E-state index >= 15 is 0 Å². The Morgan fingerprint density at radius 3 is 1.32 bits per heavy atom. The normalized spacial score (nSPS) is 12.1.